The summed E-state index contributed by atoms with van der Waals surface area (Å²) in [5.41, 5.74) is 1.49. The third-order valence-corrected chi connectivity index (χ3v) is 6.09. The first kappa shape index (κ1) is 21.2. The van der Waals surface area contributed by atoms with Gasteiger partial charge >= 0.3 is 0 Å². The Morgan fingerprint density at radius 2 is 2.12 bits per heavy atom. The maximum atomic E-state index is 11.3. The van der Waals surface area contributed by atoms with Gasteiger partial charge in [-0.05, 0) is 50.4 Å². The fourth-order valence-corrected chi connectivity index (χ4v) is 4.59. The van der Waals surface area contributed by atoms with E-state index in [0.29, 0.717) is 18.3 Å². The van der Waals surface area contributed by atoms with Crippen LogP contribution in [0, 0.1) is 17.8 Å². The van der Waals surface area contributed by atoms with Crippen LogP contribution in [0.3, 0.4) is 0 Å². The predicted molar refractivity (Wildman–Crippen MR) is 106 cm³/mol. The van der Waals surface area contributed by atoms with Crippen LogP contribution >= 0.6 is 0 Å². The van der Waals surface area contributed by atoms with E-state index in [1.165, 1.54) is 12.0 Å². The lowest BCUT2D eigenvalue weighted by Crippen LogP contribution is -2.17. The summed E-state index contributed by atoms with van der Waals surface area (Å²) in [6.45, 7) is 2.17. The number of unbranched alkanes of at least 4 members (excludes halogenated alkanes) is 3. The van der Waals surface area contributed by atoms with Crippen molar-refractivity contribution in [3.05, 3.63) is 23.8 Å². The average molecular weight is 364 g/mol. The number of allylic oxidation sites excluding steroid dienone is 2. The first-order valence-corrected chi connectivity index (χ1v) is 10.5. The quantitative estimate of drug-likeness (QED) is 0.409. The van der Waals surface area contributed by atoms with Crippen molar-refractivity contribution in [1.29, 1.82) is 0 Å². The molecule has 0 heterocycles. The van der Waals surface area contributed by atoms with Crippen molar-refractivity contribution in [3.63, 3.8) is 0 Å². The maximum absolute atomic E-state index is 11.3. The van der Waals surface area contributed by atoms with E-state index in [4.69, 9.17) is 0 Å². The molecule has 0 aromatic rings. The van der Waals surface area contributed by atoms with Crippen LogP contribution in [0.15, 0.2) is 23.8 Å². The zero-order chi connectivity index (χ0) is 18.9. The molecule has 26 heavy (non-hydrogen) atoms. The van der Waals surface area contributed by atoms with Crippen molar-refractivity contribution < 1.29 is 15.0 Å². The van der Waals surface area contributed by atoms with Crippen LogP contribution < -0.4 is 5.32 Å². The van der Waals surface area contributed by atoms with Gasteiger partial charge < -0.3 is 15.5 Å². The van der Waals surface area contributed by atoms with E-state index < -0.39 is 0 Å². The summed E-state index contributed by atoms with van der Waals surface area (Å²) in [4.78, 5) is 11.3. The van der Waals surface area contributed by atoms with Crippen LogP contribution in [0.25, 0.3) is 0 Å². The number of nitrogens with one attached hydrogen (secondary N) is 1. The lowest BCUT2D eigenvalue weighted by Gasteiger charge is -2.17. The monoisotopic (exact) mass is 363 g/mol. The summed E-state index contributed by atoms with van der Waals surface area (Å²) in [5.74, 6) is 1.37. The fourth-order valence-electron chi connectivity index (χ4n) is 4.59. The SMILES string of the molecule is CCCCC[C@H](O)C=C[C@@H]1[C@H]2CC(=CCCCC(=O)NC)C[C@H]2C[C@H]1O. The van der Waals surface area contributed by atoms with E-state index in [2.05, 4.69) is 24.4 Å². The Morgan fingerprint density at radius 1 is 1.31 bits per heavy atom. The highest BCUT2D eigenvalue weighted by Gasteiger charge is 2.44. The molecule has 0 aromatic carbocycles. The molecule has 3 N–H and O–H groups in total. The number of carbonyl (C=O) groups excluding carboxylic acids is 1. The van der Waals surface area contributed by atoms with Gasteiger partial charge in [0.05, 0.1) is 12.2 Å². The molecule has 2 rings (SSSR count). The Kier molecular flexibility index (Phi) is 8.86. The molecular formula is C22H37NO3. The molecule has 0 aromatic heterocycles. The Balaban J connectivity index is 1.81. The summed E-state index contributed by atoms with van der Waals surface area (Å²) in [5, 5.41) is 23.2. The molecule has 0 bridgehead atoms. The van der Waals surface area contributed by atoms with Gasteiger partial charge in [0.25, 0.3) is 0 Å². The molecule has 0 radical (unpaired) electrons. The second-order valence-corrected chi connectivity index (χ2v) is 8.09. The van der Waals surface area contributed by atoms with Crippen molar-refractivity contribution in [2.24, 2.45) is 17.8 Å². The van der Waals surface area contributed by atoms with Crippen molar-refractivity contribution in [1.82, 2.24) is 5.32 Å². The van der Waals surface area contributed by atoms with Gasteiger partial charge in [-0.1, -0.05) is 50.0 Å². The Hall–Kier alpha value is -1.13. The van der Waals surface area contributed by atoms with Crippen molar-refractivity contribution >= 4 is 5.91 Å². The van der Waals surface area contributed by atoms with Gasteiger partial charge in [-0.2, -0.15) is 0 Å². The van der Waals surface area contributed by atoms with Gasteiger partial charge in [0.2, 0.25) is 5.91 Å². The summed E-state index contributed by atoms with van der Waals surface area (Å²) in [7, 11) is 1.68. The minimum absolute atomic E-state index is 0.109. The largest absolute Gasteiger partial charge is 0.392 e. The van der Waals surface area contributed by atoms with Crippen molar-refractivity contribution in [2.45, 2.75) is 83.3 Å². The molecule has 148 valence electrons. The van der Waals surface area contributed by atoms with Gasteiger partial charge in [-0.25, -0.2) is 0 Å². The minimum Gasteiger partial charge on any atom is -0.392 e. The minimum atomic E-state index is -0.381. The van der Waals surface area contributed by atoms with Crippen molar-refractivity contribution in [2.75, 3.05) is 7.05 Å². The molecule has 0 aliphatic heterocycles. The van der Waals surface area contributed by atoms with Gasteiger partial charge in [-0.15, -0.1) is 0 Å². The van der Waals surface area contributed by atoms with E-state index in [0.717, 1.165) is 51.4 Å². The Morgan fingerprint density at radius 3 is 2.85 bits per heavy atom. The maximum Gasteiger partial charge on any atom is 0.219 e. The van der Waals surface area contributed by atoms with Crippen LogP contribution in [0.5, 0.6) is 0 Å². The highest BCUT2D eigenvalue weighted by molar-refractivity contribution is 5.75. The number of hydrogen-bond donors (Lipinski definition) is 3. The predicted octanol–water partition coefficient (Wildman–Crippen LogP) is 3.73. The molecule has 2 fully saturated rings. The van der Waals surface area contributed by atoms with E-state index in [-0.39, 0.29) is 24.0 Å². The summed E-state index contributed by atoms with van der Waals surface area (Å²) in [6.07, 6.45) is 15.3. The van der Waals surface area contributed by atoms with E-state index in [9.17, 15) is 15.0 Å². The zero-order valence-corrected chi connectivity index (χ0v) is 16.5. The number of aliphatic hydroxyl groups excluding tert-OH is 2. The number of fused-ring (bicyclic) bond motifs is 1. The number of carbonyl (C=O) groups is 1. The molecule has 0 spiro atoms. The molecule has 1 amide bonds. The molecule has 4 nitrogen and oxygen atoms in total. The van der Waals surface area contributed by atoms with Crippen LogP contribution in [-0.2, 0) is 4.79 Å². The Bertz CT molecular complexity index is 500. The van der Waals surface area contributed by atoms with E-state index >= 15 is 0 Å². The molecule has 2 saturated carbocycles. The second-order valence-electron chi connectivity index (χ2n) is 8.09. The highest BCUT2D eigenvalue weighted by atomic mass is 16.3. The summed E-state index contributed by atoms with van der Waals surface area (Å²) in [6, 6.07) is 0. The molecular weight excluding hydrogens is 326 g/mol. The topological polar surface area (TPSA) is 69.6 Å². The van der Waals surface area contributed by atoms with Crippen LogP contribution in [-0.4, -0.2) is 35.4 Å². The van der Waals surface area contributed by atoms with Crippen LogP contribution in [0.1, 0.15) is 71.1 Å². The highest BCUT2D eigenvalue weighted by Crippen LogP contribution is 2.50. The number of amides is 1. The van der Waals surface area contributed by atoms with Crippen molar-refractivity contribution in [3.8, 4) is 0 Å². The van der Waals surface area contributed by atoms with Crippen LogP contribution in [0.2, 0.25) is 0 Å². The average Bonchev–Trinajstić information content (AvgIpc) is 3.13. The van der Waals surface area contributed by atoms with Crippen LogP contribution in [0.4, 0.5) is 0 Å². The smallest absolute Gasteiger partial charge is 0.219 e. The summed E-state index contributed by atoms with van der Waals surface area (Å²) >= 11 is 0. The van der Waals surface area contributed by atoms with Gasteiger partial charge in [0.1, 0.15) is 0 Å². The Labute approximate surface area is 158 Å². The lowest BCUT2D eigenvalue weighted by molar-refractivity contribution is -0.120. The fraction of sp³-hybridized carbons (Fsp3) is 0.773. The molecule has 2 aliphatic rings. The number of aliphatic hydroxyl groups is 2. The van der Waals surface area contributed by atoms with Gasteiger partial charge in [0, 0.05) is 19.4 Å². The normalized spacial score (nSPS) is 30.8. The lowest BCUT2D eigenvalue weighted by atomic mass is 9.90. The first-order chi connectivity index (χ1) is 12.5. The number of hydrogen-bond acceptors (Lipinski definition) is 3. The molecule has 2 aliphatic carbocycles. The van der Waals surface area contributed by atoms with E-state index in [1.807, 2.05) is 6.08 Å². The van der Waals surface area contributed by atoms with E-state index in [1.54, 1.807) is 7.05 Å². The molecule has 4 heteroatoms. The third kappa shape index (κ3) is 6.24. The van der Waals surface area contributed by atoms with Gasteiger partial charge in [-0.3, -0.25) is 4.79 Å². The number of rotatable bonds is 10. The van der Waals surface area contributed by atoms with Gasteiger partial charge in [0.15, 0.2) is 0 Å². The zero-order valence-electron chi connectivity index (χ0n) is 16.5. The molecule has 5 atom stereocenters. The first-order valence-electron chi connectivity index (χ1n) is 10.5. The molecule has 0 unspecified atom stereocenters. The second kappa shape index (κ2) is 10.9. The third-order valence-electron chi connectivity index (χ3n) is 6.09. The standard InChI is InChI=1S/C22H37NO3/c1-3-4-5-9-18(24)11-12-19-20-14-16(13-17(20)15-21(19)25)8-6-7-10-22(26)23-2/h8,11-12,17-21,24-25H,3-7,9-10,13-15H2,1-2H3,(H,23,26)/t17-,18-,19+,20-,21+/m0/s1. The summed E-state index contributed by atoms with van der Waals surface area (Å²) < 4.78 is 0. The molecule has 0 saturated heterocycles.